The van der Waals surface area contributed by atoms with E-state index in [1.165, 1.54) is 33.4 Å². The van der Waals surface area contributed by atoms with Crippen molar-refractivity contribution in [1.29, 1.82) is 0 Å². The number of benzene rings is 7. The minimum absolute atomic E-state index is 0.0306. The van der Waals surface area contributed by atoms with Gasteiger partial charge in [0.15, 0.2) is 5.58 Å². The highest BCUT2D eigenvalue weighted by Crippen LogP contribution is 2.52. The molecular weight excluding hydrogens is 572 g/mol. The Labute approximate surface area is 274 Å². The summed E-state index contributed by atoms with van der Waals surface area (Å²) in [7, 11) is 0. The number of oxazole rings is 1. The van der Waals surface area contributed by atoms with Gasteiger partial charge in [-0.05, 0) is 88.0 Å². The molecule has 3 heteroatoms. The third-order valence-electron chi connectivity index (χ3n) is 9.71. The van der Waals surface area contributed by atoms with Gasteiger partial charge >= 0.3 is 0 Å². The van der Waals surface area contributed by atoms with E-state index in [1.54, 1.807) is 0 Å². The number of para-hydroxylation sites is 1. The summed E-state index contributed by atoms with van der Waals surface area (Å²) in [4.78, 5) is 7.16. The normalized spacial score (nSPS) is 13.1. The van der Waals surface area contributed by atoms with Gasteiger partial charge in [-0.3, -0.25) is 0 Å². The summed E-state index contributed by atoms with van der Waals surface area (Å²) in [6, 6.07) is 55.9. The zero-order valence-electron chi connectivity index (χ0n) is 26.3. The molecule has 7 aromatic carbocycles. The first kappa shape index (κ1) is 27.4. The smallest absolute Gasteiger partial charge is 0.227 e. The Kier molecular flexibility index (Phi) is 6.16. The number of anilines is 3. The Morgan fingerprint density at radius 3 is 1.98 bits per heavy atom. The van der Waals surface area contributed by atoms with Crippen LogP contribution in [0.2, 0.25) is 0 Å². The first-order chi connectivity index (χ1) is 23.1. The standard InChI is InChI=1S/C44H32N2O/c1-44(2)37-20-10-9-17-36(37)41-33(18-11-21-38(41)44)29-23-25-32(26-24-29)46(31-15-7-4-8-16-31)40-22-12-19-35-34(40)27-28-39-42(35)47-43(45-39)30-13-5-3-6-14-30/h3-28H,1-2H3. The topological polar surface area (TPSA) is 29.3 Å². The van der Waals surface area contributed by atoms with Gasteiger partial charge in [0.25, 0.3) is 0 Å². The summed E-state index contributed by atoms with van der Waals surface area (Å²) < 4.78 is 6.42. The molecule has 8 aromatic rings. The third kappa shape index (κ3) is 4.31. The number of aromatic nitrogens is 1. The molecule has 0 amide bonds. The fraction of sp³-hybridized carbons (Fsp3) is 0.0682. The van der Waals surface area contributed by atoms with E-state index in [2.05, 4.69) is 146 Å². The van der Waals surface area contributed by atoms with Crippen molar-refractivity contribution in [3.05, 3.63) is 169 Å². The first-order valence-electron chi connectivity index (χ1n) is 16.1. The lowest BCUT2D eigenvalue weighted by atomic mass is 9.82. The van der Waals surface area contributed by atoms with E-state index in [1.807, 2.05) is 30.3 Å². The van der Waals surface area contributed by atoms with Crippen LogP contribution < -0.4 is 4.90 Å². The minimum Gasteiger partial charge on any atom is -0.435 e. The molecule has 0 aliphatic heterocycles. The summed E-state index contributed by atoms with van der Waals surface area (Å²) in [5.74, 6) is 0.632. The average molecular weight is 605 g/mol. The van der Waals surface area contributed by atoms with Gasteiger partial charge in [0.05, 0.1) is 5.69 Å². The third-order valence-corrected chi connectivity index (χ3v) is 9.71. The molecule has 0 saturated heterocycles. The van der Waals surface area contributed by atoms with E-state index in [4.69, 9.17) is 9.40 Å². The second-order valence-electron chi connectivity index (χ2n) is 12.8. The van der Waals surface area contributed by atoms with Crippen molar-refractivity contribution in [1.82, 2.24) is 4.98 Å². The lowest BCUT2D eigenvalue weighted by Crippen LogP contribution is -2.14. The molecule has 224 valence electrons. The SMILES string of the molecule is CC1(C)c2ccccc2-c2c(-c3ccc(N(c4ccccc4)c4cccc5c4ccc4nc(-c6ccccc6)oc45)cc3)cccc21. The van der Waals surface area contributed by atoms with Crippen LogP contribution in [0.25, 0.3) is 55.6 Å². The molecule has 1 aromatic heterocycles. The van der Waals surface area contributed by atoms with E-state index in [9.17, 15) is 0 Å². The molecule has 9 rings (SSSR count). The van der Waals surface area contributed by atoms with E-state index in [-0.39, 0.29) is 5.41 Å². The van der Waals surface area contributed by atoms with Crippen LogP contribution in [0.3, 0.4) is 0 Å². The molecule has 0 atom stereocenters. The lowest BCUT2D eigenvalue weighted by molar-refractivity contribution is 0.623. The van der Waals surface area contributed by atoms with Crippen molar-refractivity contribution in [2.45, 2.75) is 19.3 Å². The maximum Gasteiger partial charge on any atom is 0.227 e. The van der Waals surface area contributed by atoms with E-state index < -0.39 is 0 Å². The van der Waals surface area contributed by atoms with Crippen LogP contribution in [0.1, 0.15) is 25.0 Å². The Morgan fingerprint density at radius 1 is 0.511 bits per heavy atom. The highest BCUT2D eigenvalue weighted by Gasteiger charge is 2.36. The molecule has 0 bridgehead atoms. The maximum absolute atomic E-state index is 6.42. The second-order valence-corrected chi connectivity index (χ2v) is 12.8. The number of rotatable bonds is 5. The molecule has 0 saturated carbocycles. The summed E-state index contributed by atoms with van der Waals surface area (Å²) in [5.41, 5.74) is 13.8. The molecule has 1 heterocycles. The Balaban J connectivity index is 1.18. The highest BCUT2D eigenvalue weighted by atomic mass is 16.3. The zero-order chi connectivity index (χ0) is 31.5. The molecule has 1 aliphatic carbocycles. The first-order valence-corrected chi connectivity index (χ1v) is 16.1. The predicted octanol–water partition coefficient (Wildman–Crippen LogP) is 12.1. The van der Waals surface area contributed by atoms with Gasteiger partial charge in [-0.2, -0.15) is 0 Å². The summed E-state index contributed by atoms with van der Waals surface area (Å²) in [5, 5.41) is 2.14. The van der Waals surface area contributed by atoms with Gasteiger partial charge in [-0.1, -0.05) is 117 Å². The Morgan fingerprint density at radius 2 is 1.17 bits per heavy atom. The highest BCUT2D eigenvalue weighted by molar-refractivity contribution is 6.10. The van der Waals surface area contributed by atoms with Crippen LogP contribution in [0.4, 0.5) is 17.1 Å². The van der Waals surface area contributed by atoms with Crippen molar-refractivity contribution < 1.29 is 4.42 Å². The van der Waals surface area contributed by atoms with Gasteiger partial charge in [-0.25, -0.2) is 4.98 Å². The monoisotopic (exact) mass is 604 g/mol. The van der Waals surface area contributed by atoms with Crippen molar-refractivity contribution in [2.24, 2.45) is 0 Å². The van der Waals surface area contributed by atoms with Crippen molar-refractivity contribution >= 4 is 38.9 Å². The van der Waals surface area contributed by atoms with Crippen LogP contribution in [0.5, 0.6) is 0 Å². The number of hydrogen-bond acceptors (Lipinski definition) is 3. The molecule has 0 radical (unpaired) electrons. The molecule has 0 spiro atoms. The second kappa shape index (κ2) is 10.6. The summed E-state index contributed by atoms with van der Waals surface area (Å²) in [6.45, 7) is 4.67. The van der Waals surface area contributed by atoms with Crippen LogP contribution >= 0.6 is 0 Å². The minimum atomic E-state index is -0.0306. The van der Waals surface area contributed by atoms with Gasteiger partial charge in [0.1, 0.15) is 5.52 Å². The van der Waals surface area contributed by atoms with Crippen LogP contribution in [-0.2, 0) is 5.41 Å². The van der Waals surface area contributed by atoms with Crippen LogP contribution in [0, 0.1) is 0 Å². The largest absolute Gasteiger partial charge is 0.435 e. The van der Waals surface area contributed by atoms with E-state index in [0.717, 1.165) is 44.5 Å². The molecule has 0 unspecified atom stereocenters. The molecule has 1 aliphatic rings. The summed E-state index contributed by atoms with van der Waals surface area (Å²) in [6.07, 6.45) is 0. The van der Waals surface area contributed by atoms with Gasteiger partial charge in [-0.15, -0.1) is 0 Å². The fourth-order valence-corrected chi connectivity index (χ4v) is 7.41. The quantitative estimate of drug-likeness (QED) is 0.196. The van der Waals surface area contributed by atoms with Gasteiger partial charge < -0.3 is 9.32 Å². The van der Waals surface area contributed by atoms with Crippen molar-refractivity contribution in [3.63, 3.8) is 0 Å². The number of fused-ring (bicyclic) bond motifs is 6. The summed E-state index contributed by atoms with van der Waals surface area (Å²) >= 11 is 0. The number of nitrogens with zero attached hydrogens (tertiary/aromatic N) is 2. The average Bonchev–Trinajstić information content (AvgIpc) is 3.67. The molecule has 0 fully saturated rings. The Hall–Kier alpha value is -5.93. The van der Waals surface area contributed by atoms with E-state index in [0.29, 0.717) is 5.89 Å². The van der Waals surface area contributed by atoms with Gasteiger partial charge in [0.2, 0.25) is 5.89 Å². The van der Waals surface area contributed by atoms with Crippen molar-refractivity contribution in [2.75, 3.05) is 4.90 Å². The Bertz CT molecular complexity index is 2420. The predicted molar refractivity (Wildman–Crippen MR) is 195 cm³/mol. The van der Waals surface area contributed by atoms with Gasteiger partial charge in [0, 0.05) is 33.1 Å². The van der Waals surface area contributed by atoms with E-state index >= 15 is 0 Å². The van der Waals surface area contributed by atoms with Crippen LogP contribution in [-0.4, -0.2) is 4.98 Å². The zero-order valence-corrected chi connectivity index (χ0v) is 26.3. The van der Waals surface area contributed by atoms with Crippen LogP contribution in [0.15, 0.2) is 162 Å². The molecule has 47 heavy (non-hydrogen) atoms. The molecule has 0 N–H and O–H groups in total. The molecule has 3 nitrogen and oxygen atoms in total. The van der Waals surface area contributed by atoms with Crippen molar-refractivity contribution in [3.8, 4) is 33.7 Å². The molecular formula is C44H32N2O. The number of hydrogen-bond donors (Lipinski definition) is 0. The fourth-order valence-electron chi connectivity index (χ4n) is 7.41. The lowest BCUT2D eigenvalue weighted by Gasteiger charge is -2.27. The maximum atomic E-state index is 6.42.